The van der Waals surface area contributed by atoms with E-state index in [1.807, 2.05) is 36.6 Å². The van der Waals surface area contributed by atoms with E-state index in [1.54, 1.807) is 18.4 Å². The monoisotopic (exact) mass is 258 g/mol. The summed E-state index contributed by atoms with van der Waals surface area (Å²) in [6.45, 7) is 2.00. The summed E-state index contributed by atoms with van der Waals surface area (Å²) in [5.74, 6) is 0.706. The fourth-order valence-electron chi connectivity index (χ4n) is 1.70. The first kappa shape index (κ1) is 12.6. The fourth-order valence-corrected chi connectivity index (χ4v) is 2.57. The van der Waals surface area contributed by atoms with Crippen LogP contribution < -0.4 is 4.74 Å². The van der Waals surface area contributed by atoms with Gasteiger partial charge < -0.3 is 4.74 Å². The van der Waals surface area contributed by atoms with E-state index in [-0.39, 0.29) is 5.92 Å². The first-order valence-electron chi connectivity index (χ1n) is 5.78. The number of thiazole rings is 1. The molecule has 1 aromatic carbocycles. The largest absolute Gasteiger partial charge is 0.497 e. The summed E-state index contributed by atoms with van der Waals surface area (Å²) in [4.78, 5) is 4.54. The maximum Gasteiger partial charge on any atom is 0.123 e. The Hall–Kier alpha value is -1.86. The molecule has 1 atom stereocenters. The molecule has 0 radical (unpaired) electrons. The molecule has 3 nitrogen and oxygen atoms in total. The highest BCUT2D eigenvalue weighted by molar-refractivity contribution is 7.13. The number of methoxy groups -OCH3 is 1. The Balaban J connectivity index is 2.32. The van der Waals surface area contributed by atoms with Gasteiger partial charge in [0.1, 0.15) is 10.8 Å². The zero-order chi connectivity index (χ0) is 13.0. The second-order valence-corrected chi connectivity index (χ2v) is 4.76. The molecule has 0 bridgehead atoms. The number of nitrogens with zero attached hydrogens (tertiary/aromatic N) is 2. The van der Waals surface area contributed by atoms with Crippen LogP contribution in [0, 0.1) is 11.3 Å². The first-order chi connectivity index (χ1) is 8.78. The zero-order valence-electron chi connectivity index (χ0n) is 10.4. The molecule has 0 aliphatic carbocycles. The predicted octanol–water partition coefficient (Wildman–Crippen LogP) is 3.84. The Morgan fingerprint density at radius 3 is 3.00 bits per heavy atom. The third kappa shape index (κ3) is 2.52. The van der Waals surface area contributed by atoms with Crippen LogP contribution >= 0.6 is 11.3 Å². The average Bonchev–Trinajstić information content (AvgIpc) is 2.90. The lowest BCUT2D eigenvalue weighted by atomic mass is 10.1. The van der Waals surface area contributed by atoms with Gasteiger partial charge in [0.15, 0.2) is 0 Å². The molecule has 0 fully saturated rings. The Kier molecular flexibility index (Phi) is 3.96. The molecule has 1 unspecified atom stereocenters. The second kappa shape index (κ2) is 5.65. The van der Waals surface area contributed by atoms with Crippen LogP contribution in [0.3, 0.4) is 0 Å². The van der Waals surface area contributed by atoms with Crippen LogP contribution in [0.2, 0.25) is 0 Å². The Morgan fingerprint density at radius 2 is 2.33 bits per heavy atom. The minimum absolute atomic E-state index is 0.111. The summed E-state index contributed by atoms with van der Waals surface area (Å²) in [7, 11) is 1.65. The molecular weight excluding hydrogens is 244 g/mol. The van der Waals surface area contributed by atoms with E-state index in [2.05, 4.69) is 11.1 Å². The summed E-state index contributed by atoms with van der Waals surface area (Å²) < 4.78 is 5.20. The van der Waals surface area contributed by atoms with Crippen molar-refractivity contribution < 1.29 is 4.74 Å². The van der Waals surface area contributed by atoms with Gasteiger partial charge in [-0.1, -0.05) is 19.1 Å². The SMILES string of the molecule is CCC(C#N)c1csc(-c2cccc(OC)c2)n1. The second-order valence-electron chi connectivity index (χ2n) is 3.90. The number of benzene rings is 1. The van der Waals surface area contributed by atoms with E-state index in [9.17, 15) is 0 Å². The fraction of sp³-hybridized carbons (Fsp3) is 0.286. The number of ether oxygens (including phenoxy) is 1. The molecular formula is C14H14N2OS. The smallest absolute Gasteiger partial charge is 0.123 e. The standard InChI is InChI=1S/C14H14N2OS/c1-3-10(8-15)13-9-18-14(16-13)11-5-4-6-12(7-11)17-2/h4-7,9-10H,3H2,1-2H3. The van der Waals surface area contributed by atoms with Gasteiger partial charge in [-0.2, -0.15) is 5.26 Å². The molecule has 2 aromatic rings. The van der Waals surface area contributed by atoms with E-state index >= 15 is 0 Å². The number of hydrogen-bond donors (Lipinski definition) is 0. The van der Waals surface area contributed by atoms with Gasteiger partial charge in [0.25, 0.3) is 0 Å². The van der Waals surface area contributed by atoms with Crippen LogP contribution in [-0.4, -0.2) is 12.1 Å². The molecule has 0 saturated heterocycles. The van der Waals surface area contributed by atoms with Crippen LogP contribution in [0.15, 0.2) is 29.6 Å². The summed E-state index contributed by atoms with van der Waals surface area (Å²) >= 11 is 1.56. The first-order valence-corrected chi connectivity index (χ1v) is 6.66. The van der Waals surface area contributed by atoms with Crippen molar-refractivity contribution in [3.8, 4) is 22.4 Å². The van der Waals surface area contributed by atoms with Gasteiger partial charge >= 0.3 is 0 Å². The quantitative estimate of drug-likeness (QED) is 0.837. The lowest BCUT2D eigenvalue weighted by Crippen LogP contribution is -1.93. The van der Waals surface area contributed by atoms with Gasteiger partial charge in [0.2, 0.25) is 0 Å². The third-order valence-electron chi connectivity index (χ3n) is 2.76. The van der Waals surface area contributed by atoms with Crippen molar-refractivity contribution in [3.05, 3.63) is 35.3 Å². The number of aromatic nitrogens is 1. The molecule has 1 aromatic heterocycles. The molecule has 2 rings (SSSR count). The normalized spacial score (nSPS) is 11.8. The summed E-state index contributed by atoms with van der Waals surface area (Å²) in [5, 5.41) is 11.9. The van der Waals surface area contributed by atoms with Crippen molar-refractivity contribution in [3.63, 3.8) is 0 Å². The molecule has 18 heavy (non-hydrogen) atoms. The third-order valence-corrected chi connectivity index (χ3v) is 3.67. The van der Waals surface area contributed by atoms with E-state index in [0.29, 0.717) is 0 Å². The summed E-state index contributed by atoms with van der Waals surface area (Å²) in [6.07, 6.45) is 0.789. The molecule has 0 aliphatic rings. The van der Waals surface area contributed by atoms with Gasteiger partial charge in [-0.25, -0.2) is 4.98 Å². The van der Waals surface area contributed by atoms with Gasteiger partial charge in [0.05, 0.1) is 24.8 Å². The molecule has 0 aliphatic heterocycles. The zero-order valence-corrected chi connectivity index (χ0v) is 11.2. The van der Waals surface area contributed by atoms with Gasteiger partial charge in [-0.15, -0.1) is 11.3 Å². The summed E-state index contributed by atoms with van der Waals surface area (Å²) in [5.41, 5.74) is 1.89. The molecule has 4 heteroatoms. The van der Waals surface area contributed by atoms with Crippen molar-refractivity contribution in [1.29, 1.82) is 5.26 Å². The Morgan fingerprint density at radius 1 is 1.50 bits per heavy atom. The van der Waals surface area contributed by atoms with Crippen molar-refractivity contribution in [2.75, 3.05) is 7.11 Å². The predicted molar refractivity (Wildman–Crippen MR) is 72.7 cm³/mol. The van der Waals surface area contributed by atoms with Crippen LogP contribution in [0.4, 0.5) is 0 Å². The highest BCUT2D eigenvalue weighted by atomic mass is 32.1. The molecule has 0 saturated carbocycles. The number of rotatable bonds is 4. The molecule has 0 spiro atoms. The van der Waals surface area contributed by atoms with Crippen LogP contribution in [-0.2, 0) is 0 Å². The van der Waals surface area contributed by atoms with E-state index in [4.69, 9.17) is 10.00 Å². The topological polar surface area (TPSA) is 45.9 Å². The van der Waals surface area contributed by atoms with Crippen molar-refractivity contribution in [2.45, 2.75) is 19.3 Å². The lowest BCUT2D eigenvalue weighted by Gasteiger charge is -2.02. The van der Waals surface area contributed by atoms with Gasteiger partial charge in [0, 0.05) is 10.9 Å². The highest BCUT2D eigenvalue weighted by Gasteiger charge is 2.13. The Labute approximate surface area is 111 Å². The highest BCUT2D eigenvalue weighted by Crippen LogP contribution is 2.29. The van der Waals surface area contributed by atoms with E-state index < -0.39 is 0 Å². The van der Waals surface area contributed by atoms with E-state index in [0.717, 1.165) is 28.4 Å². The summed E-state index contributed by atoms with van der Waals surface area (Å²) in [6, 6.07) is 10.1. The van der Waals surface area contributed by atoms with Gasteiger partial charge in [-0.3, -0.25) is 0 Å². The molecule has 92 valence electrons. The molecule has 1 heterocycles. The minimum atomic E-state index is -0.111. The maximum absolute atomic E-state index is 9.04. The van der Waals surface area contributed by atoms with E-state index in [1.165, 1.54) is 0 Å². The number of nitriles is 1. The van der Waals surface area contributed by atoms with Crippen molar-refractivity contribution in [2.24, 2.45) is 0 Å². The molecule has 0 N–H and O–H groups in total. The van der Waals surface area contributed by atoms with Crippen LogP contribution in [0.25, 0.3) is 10.6 Å². The van der Waals surface area contributed by atoms with Crippen molar-refractivity contribution in [1.82, 2.24) is 4.98 Å². The Bertz CT molecular complexity index is 571. The average molecular weight is 258 g/mol. The van der Waals surface area contributed by atoms with Crippen LogP contribution in [0.5, 0.6) is 5.75 Å². The van der Waals surface area contributed by atoms with Crippen LogP contribution in [0.1, 0.15) is 25.0 Å². The minimum Gasteiger partial charge on any atom is -0.497 e. The maximum atomic E-state index is 9.04. The van der Waals surface area contributed by atoms with Gasteiger partial charge in [-0.05, 0) is 18.6 Å². The lowest BCUT2D eigenvalue weighted by molar-refractivity contribution is 0.415. The molecule has 0 amide bonds. The number of hydrogen-bond acceptors (Lipinski definition) is 4. The van der Waals surface area contributed by atoms with Crippen molar-refractivity contribution >= 4 is 11.3 Å².